The van der Waals surface area contributed by atoms with E-state index in [1.54, 1.807) is 12.1 Å². The lowest BCUT2D eigenvalue weighted by Gasteiger charge is -2.02. The maximum Gasteiger partial charge on any atom is 0.338 e. The lowest BCUT2D eigenvalue weighted by molar-refractivity contribution is 0.0500. The number of benzene rings is 1. The van der Waals surface area contributed by atoms with Gasteiger partial charge in [-0.05, 0) is 18.6 Å². The lowest BCUT2D eigenvalue weighted by atomic mass is 10.2. The Hall–Kier alpha value is -0.830. The normalized spacial score (nSPS) is 8.93. The van der Waals surface area contributed by atoms with E-state index in [9.17, 15) is 4.79 Å². The number of unbranched alkanes of at least 4 members (excludes halogenated alkanes) is 1. The number of hydrogen-bond donors (Lipinski definition) is 0. The third kappa shape index (κ3) is 4.42. The highest BCUT2D eigenvalue weighted by atomic mass is 79.9. The molecule has 1 aromatic rings. The Kier molecular flexibility index (Phi) is 7.11. The molecule has 0 unspecified atom stereocenters. The zero-order valence-electron chi connectivity index (χ0n) is 8.23. The summed E-state index contributed by atoms with van der Waals surface area (Å²) < 4.78 is 5.03. The molecule has 0 aliphatic rings. The van der Waals surface area contributed by atoms with Gasteiger partial charge < -0.3 is 4.74 Å². The first kappa shape index (κ1) is 13.2. The highest BCUT2D eigenvalue weighted by Crippen LogP contribution is 2.01. The minimum Gasteiger partial charge on any atom is -0.462 e. The second-order valence-electron chi connectivity index (χ2n) is 2.86. The van der Waals surface area contributed by atoms with Gasteiger partial charge in [-0.15, -0.1) is 17.0 Å². The second kappa shape index (κ2) is 7.56. The van der Waals surface area contributed by atoms with E-state index in [-0.39, 0.29) is 23.0 Å². The lowest BCUT2D eigenvalue weighted by Crippen LogP contribution is -2.05. The molecule has 0 atom stereocenters. The monoisotopic (exact) mass is 258 g/mol. The van der Waals surface area contributed by atoms with Gasteiger partial charge in [0.05, 0.1) is 12.2 Å². The third-order valence-electron chi connectivity index (χ3n) is 1.74. The third-order valence-corrected chi connectivity index (χ3v) is 1.74. The molecule has 1 rings (SSSR count). The van der Waals surface area contributed by atoms with Crippen molar-refractivity contribution < 1.29 is 9.53 Å². The highest BCUT2D eigenvalue weighted by Gasteiger charge is 2.03. The topological polar surface area (TPSA) is 26.3 Å². The molecule has 14 heavy (non-hydrogen) atoms. The Balaban J connectivity index is 0.00000169. The number of esters is 1. The van der Waals surface area contributed by atoms with Crippen LogP contribution in [-0.4, -0.2) is 12.6 Å². The van der Waals surface area contributed by atoms with Crippen LogP contribution in [0.2, 0.25) is 0 Å². The van der Waals surface area contributed by atoms with Crippen molar-refractivity contribution >= 4 is 23.0 Å². The van der Waals surface area contributed by atoms with Gasteiger partial charge in [-0.25, -0.2) is 4.79 Å². The first-order chi connectivity index (χ1) is 6.34. The molecule has 0 heterocycles. The number of rotatable bonds is 4. The summed E-state index contributed by atoms with van der Waals surface area (Å²) in [7, 11) is 0. The molecule has 0 spiro atoms. The van der Waals surface area contributed by atoms with Gasteiger partial charge in [0.25, 0.3) is 0 Å². The van der Waals surface area contributed by atoms with Gasteiger partial charge in [0.1, 0.15) is 0 Å². The molecule has 3 heteroatoms. The molecular formula is C11H15BrO2. The van der Waals surface area contributed by atoms with Crippen molar-refractivity contribution in [2.24, 2.45) is 0 Å². The minimum atomic E-state index is -0.228. The number of carbonyl (C=O) groups excluding carboxylic acids is 1. The van der Waals surface area contributed by atoms with Crippen molar-refractivity contribution in [3.8, 4) is 0 Å². The quantitative estimate of drug-likeness (QED) is 0.613. The van der Waals surface area contributed by atoms with Crippen LogP contribution < -0.4 is 0 Å². The molecule has 0 fully saturated rings. The van der Waals surface area contributed by atoms with Crippen molar-refractivity contribution in [3.05, 3.63) is 35.9 Å². The standard InChI is InChI=1S/C11H14O2.BrH/c1-2-3-9-13-11(12)10-7-5-4-6-8-10;/h4-8H,2-3,9H2,1H3;1H. The van der Waals surface area contributed by atoms with Gasteiger partial charge in [-0.3, -0.25) is 0 Å². The maximum absolute atomic E-state index is 11.3. The van der Waals surface area contributed by atoms with Crippen LogP contribution >= 0.6 is 17.0 Å². The molecule has 1 aromatic carbocycles. The molecular weight excluding hydrogens is 244 g/mol. The fraction of sp³-hybridized carbons (Fsp3) is 0.364. The molecule has 0 aliphatic heterocycles. The predicted molar refractivity (Wildman–Crippen MR) is 62.0 cm³/mol. The van der Waals surface area contributed by atoms with Gasteiger partial charge in [0, 0.05) is 0 Å². The first-order valence-electron chi connectivity index (χ1n) is 4.56. The summed E-state index contributed by atoms with van der Waals surface area (Å²) in [5.41, 5.74) is 0.624. The van der Waals surface area contributed by atoms with E-state index in [0.29, 0.717) is 12.2 Å². The van der Waals surface area contributed by atoms with Crippen molar-refractivity contribution in [2.75, 3.05) is 6.61 Å². The van der Waals surface area contributed by atoms with Crippen LogP contribution in [0.1, 0.15) is 30.1 Å². The van der Waals surface area contributed by atoms with Crippen LogP contribution in [-0.2, 0) is 4.74 Å². The van der Waals surface area contributed by atoms with Gasteiger partial charge in [0.15, 0.2) is 0 Å². The van der Waals surface area contributed by atoms with Crippen molar-refractivity contribution in [1.29, 1.82) is 0 Å². The van der Waals surface area contributed by atoms with E-state index in [1.165, 1.54) is 0 Å². The van der Waals surface area contributed by atoms with Gasteiger partial charge in [-0.2, -0.15) is 0 Å². The van der Waals surface area contributed by atoms with E-state index in [1.807, 2.05) is 18.2 Å². The Morgan fingerprint density at radius 3 is 2.50 bits per heavy atom. The average molecular weight is 259 g/mol. The Morgan fingerprint density at radius 2 is 1.93 bits per heavy atom. The Morgan fingerprint density at radius 1 is 1.29 bits per heavy atom. The molecule has 0 saturated heterocycles. The van der Waals surface area contributed by atoms with Crippen LogP contribution in [0.4, 0.5) is 0 Å². The highest BCUT2D eigenvalue weighted by molar-refractivity contribution is 8.93. The summed E-state index contributed by atoms with van der Waals surface area (Å²) >= 11 is 0. The fourth-order valence-electron chi connectivity index (χ4n) is 0.967. The maximum atomic E-state index is 11.3. The molecule has 78 valence electrons. The SMILES string of the molecule is Br.CCCCOC(=O)c1ccccc1. The summed E-state index contributed by atoms with van der Waals surface area (Å²) in [4.78, 5) is 11.3. The van der Waals surface area contributed by atoms with E-state index in [4.69, 9.17) is 4.74 Å². The van der Waals surface area contributed by atoms with Gasteiger partial charge >= 0.3 is 5.97 Å². The Labute approximate surface area is 95.0 Å². The van der Waals surface area contributed by atoms with Crippen LogP contribution in [0.5, 0.6) is 0 Å². The fourth-order valence-corrected chi connectivity index (χ4v) is 0.967. The second-order valence-corrected chi connectivity index (χ2v) is 2.86. The van der Waals surface area contributed by atoms with E-state index >= 15 is 0 Å². The largest absolute Gasteiger partial charge is 0.462 e. The van der Waals surface area contributed by atoms with Crippen LogP contribution in [0.3, 0.4) is 0 Å². The minimum absolute atomic E-state index is 0. The number of hydrogen-bond acceptors (Lipinski definition) is 2. The van der Waals surface area contributed by atoms with E-state index in [2.05, 4.69) is 6.92 Å². The van der Waals surface area contributed by atoms with Crippen molar-refractivity contribution in [1.82, 2.24) is 0 Å². The zero-order valence-corrected chi connectivity index (χ0v) is 9.95. The van der Waals surface area contributed by atoms with Crippen LogP contribution in [0, 0.1) is 0 Å². The summed E-state index contributed by atoms with van der Waals surface area (Å²) in [6, 6.07) is 9.05. The number of carbonyl (C=O) groups is 1. The molecule has 0 radical (unpaired) electrons. The summed E-state index contributed by atoms with van der Waals surface area (Å²) in [6.07, 6.45) is 1.97. The van der Waals surface area contributed by atoms with Gasteiger partial charge in [0.2, 0.25) is 0 Å². The predicted octanol–water partition coefficient (Wildman–Crippen LogP) is 3.22. The number of halogens is 1. The molecule has 0 amide bonds. The zero-order chi connectivity index (χ0) is 9.52. The molecule has 0 aliphatic carbocycles. The molecule has 0 bridgehead atoms. The van der Waals surface area contributed by atoms with E-state index in [0.717, 1.165) is 12.8 Å². The summed E-state index contributed by atoms with van der Waals surface area (Å²) in [5.74, 6) is -0.228. The molecule has 0 aromatic heterocycles. The Bertz CT molecular complexity index is 259. The number of ether oxygens (including phenoxy) is 1. The van der Waals surface area contributed by atoms with E-state index < -0.39 is 0 Å². The molecule has 2 nitrogen and oxygen atoms in total. The first-order valence-corrected chi connectivity index (χ1v) is 4.56. The van der Waals surface area contributed by atoms with Crippen molar-refractivity contribution in [2.45, 2.75) is 19.8 Å². The molecule has 0 saturated carbocycles. The van der Waals surface area contributed by atoms with Gasteiger partial charge in [-0.1, -0.05) is 31.5 Å². The summed E-state index contributed by atoms with van der Waals surface area (Å²) in [5, 5.41) is 0. The van der Waals surface area contributed by atoms with Crippen LogP contribution in [0.25, 0.3) is 0 Å². The molecule has 0 N–H and O–H groups in total. The summed E-state index contributed by atoms with van der Waals surface area (Å²) in [6.45, 7) is 2.58. The average Bonchev–Trinajstić information content (AvgIpc) is 2.19. The smallest absolute Gasteiger partial charge is 0.338 e. The van der Waals surface area contributed by atoms with Crippen LogP contribution in [0.15, 0.2) is 30.3 Å². The van der Waals surface area contributed by atoms with Crippen molar-refractivity contribution in [3.63, 3.8) is 0 Å².